The van der Waals surface area contributed by atoms with Crippen LogP contribution in [0.4, 0.5) is 0 Å². The molecule has 1 aliphatic rings. The molecule has 0 aliphatic carbocycles. The maximum absolute atomic E-state index is 12.3. The van der Waals surface area contributed by atoms with Gasteiger partial charge in [0, 0.05) is 13.1 Å². The number of aliphatic carboxylic acids is 1. The Hall–Kier alpha value is -1.40. The molecule has 2 rings (SSSR count). The Kier molecular flexibility index (Phi) is 4.55. The Morgan fingerprint density at radius 2 is 2.16 bits per heavy atom. The van der Waals surface area contributed by atoms with Crippen LogP contribution >= 0.6 is 11.3 Å². The number of carboxylic acid groups (broad SMARTS) is 1. The van der Waals surface area contributed by atoms with Gasteiger partial charge in [0.1, 0.15) is 6.61 Å². The average molecular weight is 283 g/mol. The molecular weight excluding hydrogens is 266 g/mol. The summed E-state index contributed by atoms with van der Waals surface area (Å²) in [4.78, 5) is 25.3. The largest absolute Gasteiger partial charge is 0.480 e. The molecule has 0 saturated carbocycles. The van der Waals surface area contributed by atoms with E-state index in [1.165, 1.54) is 11.3 Å². The van der Waals surface area contributed by atoms with Gasteiger partial charge < -0.3 is 14.7 Å². The van der Waals surface area contributed by atoms with Gasteiger partial charge in [0.25, 0.3) is 5.91 Å². The number of carbonyl (C=O) groups is 2. The minimum atomic E-state index is -0.951. The summed E-state index contributed by atoms with van der Waals surface area (Å²) < 4.78 is 5.25. The lowest BCUT2D eigenvalue weighted by atomic mass is 10.1. The van der Waals surface area contributed by atoms with Crippen LogP contribution in [0.3, 0.4) is 0 Å². The lowest BCUT2D eigenvalue weighted by Crippen LogP contribution is -2.41. The van der Waals surface area contributed by atoms with Crippen LogP contribution in [0.15, 0.2) is 11.4 Å². The molecule has 0 bridgehead atoms. The van der Waals surface area contributed by atoms with E-state index >= 15 is 0 Å². The van der Waals surface area contributed by atoms with Crippen molar-refractivity contribution in [3.63, 3.8) is 0 Å². The zero-order valence-electron chi connectivity index (χ0n) is 10.8. The van der Waals surface area contributed by atoms with Crippen LogP contribution in [-0.2, 0) is 9.53 Å². The third-order valence-corrected chi connectivity index (χ3v) is 4.23. The topological polar surface area (TPSA) is 66.8 Å². The molecule has 19 heavy (non-hydrogen) atoms. The van der Waals surface area contributed by atoms with Gasteiger partial charge in [-0.3, -0.25) is 4.79 Å². The average Bonchev–Trinajstić information content (AvgIpc) is 2.82. The van der Waals surface area contributed by atoms with E-state index in [1.807, 2.05) is 23.3 Å². The molecule has 6 heteroatoms. The fraction of sp³-hybridized carbons (Fsp3) is 0.538. The van der Waals surface area contributed by atoms with Crippen LogP contribution in [0.1, 0.15) is 28.1 Å². The monoisotopic (exact) mass is 283 g/mol. The molecule has 0 aromatic carbocycles. The summed E-state index contributed by atoms with van der Waals surface area (Å²) in [6, 6.07) is 1.95. The van der Waals surface area contributed by atoms with Gasteiger partial charge in [-0.1, -0.05) is 0 Å². The Labute approximate surface area is 115 Å². The molecule has 0 spiro atoms. The highest BCUT2D eigenvalue weighted by molar-refractivity contribution is 7.12. The number of ether oxygens (including phenoxy) is 1. The van der Waals surface area contributed by atoms with Crippen LogP contribution in [0.2, 0.25) is 0 Å². The maximum atomic E-state index is 12.3. The van der Waals surface area contributed by atoms with Gasteiger partial charge in [-0.05, 0) is 36.8 Å². The number of likely N-dealkylation sites (tertiary alicyclic amines) is 1. The van der Waals surface area contributed by atoms with Crippen molar-refractivity contribution in [3.8, 4) is 0 Å². The van der Waals surface area contributed by atoms with Gasteiger partial charge in [-0.15, -0.1) is 11.3 Å². The lowest BCUT2D eigenvalue weighted by molar-refractivity contribution is -0.145. The SMILES string of the molecule is Cc1ccsc1C(=O)N1CCC(OCC(=O)O)CC1. The fourth-order valence-electron chi connectivity index (χ4n) is 2.15. The standard InChI is InChI=1S/C13H17NO4S/c1-9-4-7-19-12(9)13(17)14-5-2-10(3-6-14)18-8-11(15)16/h4,7,10H,2-3,5-6,8H2,1H3,(H,15,16). The van der Waals surface area contributed by atoms with Crippen molar-refractivity contribution >= 4 is 23.2 Å². The second-order valence-corrected chi connectivity index (χ2v) is 5.55. The molecule has 104 valence electrons. The number of nitrogens with zero attached hydrogens (tertiary/aromatic N) is 1. The molecule has 1 N–H and O–H groups in total. The van der Waals surface area contributed by atoms with Gasteiger partial charge in [-0.2, -0.15) is 0 Å². The number of aryl methyl sites for hydroxylation is 1. The van der Waals surface area contributed by atoms with Crippen molar-refractivity contribution in [3.05, 3.63) is 21.9 Å². The number of carboxylic acids is 1. The first-order chi connectivity index (χ1) is 9.08. The van der Waals surface area contributed by atoms with E-state index in [4.69, 9.17) is 9.84 Å². The van der Waals surface area contributed by atoms with E-state index in [1.54, 1.807) is 0 Å². The zero-order valence-corrected chi connectivity index (χ0v) is 11.6. The molecule has 1 fully saturated rings. The van der Waals surface area contributed by atoms with E-state index in [9.17, 15) is 9.59 Å². The predicted octanol–water partition coefficient (Wildman–Crippen LogP) is 1.76. The van der Waals surface area contributed by atoms with Crippen molar-refractivity contribution in [2.75, 3.05) is 19.7 Å². The summed E-state index contributed by atoms with van der Waals surface area (Å²) in [5.74, 6) is -0.878. The summed E-state index contributed by atoms with van der Waals surface area (Å²) in [6.45, 7) is 2.93. The number of hydrogen-bond donors (Lipinski definition) is 1. The van der Waals surface area contributed by atoms with E-state index in [2.05, 4.69) is 0 Å². The van der Waals surface area contributed by atoms with E-state index < -0.39 is 5.97 Å². The van der Waals surface area contributed by atoms with Crippen LogP contribution in [0, 0.1) is 6.92 Å². The molecule has 1 aliphatic heterocycles. The minimum Gasteiger partial charge on any atom is -0.480 e. The van der Waals surface area contributed by atoms with Crippen LogP contribution < -0.4 is 0 Å². The second-order valence-electron chi connectivity index (χ2n) is 4.63. The normalized spacial score (nSPS) is 16.6. The number of piperidine rings is 1. The molecule has 0 radical (unpaired) electrons. The molecule has 2 heterocycles. The molecule has 5 nitrogen and oxygen atoms in total. The van der Waals surface area contributed by atoms with Gasteiger partial charge >= 0.3 is 5.97 Å². The summed E-state index contributed by atoms with van der Waals surface area (Å²) in [5, 5.41) is 10.5. The highest BCUT2D eigenvalue weighted by Gasteiger charge is 2.25. The number of thiophene rings is 1. The van der Waals surface area contributed by atoms with Crippen LogP contribution in [0.5, 0.6) is 0 Å². The number of amides is 1. The van der Waals surface area contributed by atoms with Crippen LogP contribution in [-0.4, -0.2) is 47.7 Å². The predicted molar refractivity (Wildman–Crippen MR) is 71.6 cm³/mol. The summed E-state index contributed by atoms with van der Waals surface area (Å²) in [6.07, 6.45) is 1.34. The summed E-state index contributed by atoms with van der Waals surface area (Å²) in [7, 11) is 0. The van der Waals surface area contributed by atoms with Gasteiger partial charge in [0.15, 0.2) is 0 Å². The lowest BCUT2D eigenvalue weighted by Gasteiger charge is -2.31. The number of carbonyl (C=O) groups excluding carboxylic acids is 1. The number of rotatable bonds is 4. The first kappa shape index (κ1) is 14.0. The molecule has 1 saturated heterocycles. The first-order valence-electron chi connectivity index (χ1n) is 6.24. The number of hydrogen-bond acceptors (Lipinski definition) is 4. The molecule has 0 unspecified atom stereocenters. The molecule has 1 aromatic heterocycles. The van der Waals surface area contributed by atoms with E-state index in [0.29, 0.717) is 25.9 Å². The third-order valence-electron chi connectivity index (χ3n) is 3.23. The maximum Gasteiger partial charge on any atom is 0.329 e. The Morgan fingerprint density at radius 1 is 1.47 bits per heavy atom. The quantitative estimate of drug-likeness (QED) is 0.914. The van der Waals surface area contributed by atoms with Crippen molar-refractivity contribution < 1.29 is 19.4 Å². The Morgan fingerprint density at radius 3 is 2.68 bits per heavy atom. The Bertz CT molecular complexity index is 463. The fourth-order valence-corrected chi connectivity index (χ4v) is 3.04. The zero-order chi connectivity index (χ0) is 13.8. The summed E-state index contributed by atoms with van der Waals surface area (Å²) in [5.41, 5.74) is 1.01. The van der Waals surface area contributed by atoms with Crippen molar-refractivity contribution in [2.45, 2.75) is 25.9 Å². The van der Waals surface area contributed by atoms with Gasteiger partial charge in [0.2, 0.25) is 0 Å². The highest BCUT2D eigenvalue weighted by atomic mass is 32.1. The van der Waals surface area contributed by atoms with Crippen molar-refractivity contribution in [2.24, 2.45) is 0 Å². The van der Waals surface area contributed by atoms with Gasteiger partial charge in [0.05, 0.1) is 11.0 Å². The summed E-state index contributed by atoms with van der Waals surface area (Å²) >= 11 is 1.47. The smallest absolute Gasteiger partial charge is 0.329 e. The first-order valence-corrected chi connectivity index (χ1v) is 7.12. The third kappa shape index (κ3) is 3.54. The second kappa shape index (κ2) is 6.16. The van der Waals surface area contributed by atoms with E-state index in [0.717, 1.165) is 10.4 Å². The van der Waals surface area contributed by atoms with E-state index in [-0.39, 0.29) is 18.6 Å². The van der Waals surface area contributed by atoms with Crippen LogP contribution in [0.25, 0.3) is 0 Å². The Balaban J connectivity index is 1.85. The molecule has 1 aromatic rings. The molecular formula is C13H17NO4S. The van der Waals surface area contributed by atoms with Crippen molar-refractivity contribution in [1.82, 2.24) is 4.90 Å². The highest BCUT2D eigenvalue weighted by Crippen LogP contribution is 2.21. The van der Waals surface area contributed by atoms with Gasteiger partial charge in [-0.25, -0.2) is 4.79 Å². The minimum absolute atomic E-state index is 0.0513. The molecule has 1 amide bonds. The molecule has 0 atom stereocenters. The van der Waals surface area contributed by atoms with Crippen molar-refractivity contribution in [1.29, 1.82) is 0 Å².